The monoisotopic (exact) mass is 305 g/mol. The highest BCUT2D eigenvalue weighted by Gasteiger charge is 2.23. The van der Waals surface area contributed by atoms with E-state index < -0.39 is 0 Å². The summed E-state index contributed by atoms with van der Waals surface area (Å²) in [6.07, 6.45) is 5.49. The molecule has 2 heterocycles. The lowest BCUT2D eigenvalue weighted by atomic mass is 9.98. The van der Waals surface area contributed by atoms with Gasteiger partial charge in [-0.15, -0.1) is 0 Å². The molecule has 0 radical (unpaired) electrons. The molecule has 1 aromatic heterocycles. The van der Waals surface area contributed by atoms with Crippen LogP contribution in [0.3, 0.4) is 0 Å². The van der Waals surface area contributed by atoms with Crippen LogP contribution in [0.15, 0.2) is 30.9 Å². The molecule has 112 valence electrons. The molecular formula is C15H20ClN5. The van der Waals surface area contributed by atoms with Gasteiger partial charge >= 0.3 is 0 Å². The van der Waals surface area contributed by atoms with Crippen molar-refractivity contribution in [3.63, 3.8) is 0 Å². The fourth-order valence-electron chi connectivity index (χ4n) is 2.80. The van der Waals surface area contributed by atoms with Crippen LogP contribution in [0.1, 0.15) is 19.8 Å². The fraction of sp³-hybridized carbons (Fsp3) is 0.467. The lowest BCUT2D eigenvalue weighted by molar-refractivity contribution is 0.190. The van der Waals surface area contributed by atoms with Crippen molar-refractivity contribution in [2.24, 2.45) is 0 Å². The molecule has 1 saturated heterocycles. The van der Waals surface area contributed by atoms with E-state index in [4.69, 9.17) is 11.6 Å². The first-order valence-corrected chi connectivity index (χ1v) is 7.62. The zero-order valence-corrected chi connectivity index (χ0v) is 13.1. The van der Waals surface area contributed by atoms with Crippen LogP contribution in [0.4, 0.5) is 5.69 Å². The Morgan fingerprint density at radius 1 is 1.38 bits per heavy atom. The molecule has 0 amide bonds. The van der Waals surface area contributed by atoms with E-state index in [9.17, 15) is 0 Å². The van der Waals surface area contributed by atoms with Gasteiger partial charge in [-0.25, -0.2) is 9.67 Å². The van der Waals surface area contributed by atoms with Gasteiger partial charge in [0.15, 0.2) is 0 Å². The summed E-state index contributed by atoms with van der Waals surface area (Å²) in [7, 11) is 2.18. The summed E-state index contributed by atoms with van der Waals surface area (Å²) in [5.74, 6) is 0. The molecule has 1 aliphatic rings. The second-order valence-electron chi connectivity index (χ2n) is 5.70. The highest BCUT2D eigenvalue weighted by molar-refractivity contribution is 6.31. The molecule has 6 heteroatoms. The third kappa shape index (κ3) is 3.19. The Kier molecular flexibility index (Phi) is 4.12. The second-order valence-corrected chi connectivity index (χ2v) is 6.13. The first kappa shape index (κ1) is 14.4. The predicted molar refractivity (Wildman–Crippen MR) is 85.1 cm³/mol. The van der Waals surface area contributed by atoms with Gasteiger partial charge in [0, 0.05) is 23.7 Å². The maximum absolute atomic E-state index is 6.15. The molecule has 0 bridgehead atoms. The molecule has 2 unspecified atom stereocenters. The lowest BCUT2D eigenvalue weighted by Crippen LogP contribution is -2.42. The SMILES string of the molecule is CC1CC(Nc2cc(Cl)ccc2-n2cncn2)CCN1C. The van der Waals surface area contributed by atoms with Crippen LogP contribution in [0, 0.1) is 0 Å². The summed E-state index contributed by atoms with van der Waals surface area (Å²) < 4.78 is 1.76. The number of rotatable bonds is 3. The molecule has 5 nitrogen and oxygen atoms in total. The largest absolute Gasteiger partial charge is 0.380 e. The van der Waals surface area contributed by atoms with E-state index in [0.29, 0.717) is 12.1 Å². The summed E-state index contributed by atoms with van der Waals surface area (Å²) in [5, 5.41) is 8.57. The highest BCUT2D eigenvalue weighted by Crippen LogP contribution is 2.27. The maximum atomic E-state index is 6.15. The van der Waals surface area contributed by atoms with Gasteiger partial charge in [0.1, 0.15) is 12.7 Å². The smallest absolute Gasteiger partial charge is 0.138 e. The minimum atomic E-state index is 0.455. The zero-order valence-electron chi connectivity index (χ0n) is 12.3. The summed E-state index contributed by atoms with van der Waals surface area (Å²) in [4.78, 5) is 6.41. The van der Waals surface area contributed by atoms with E-state index in [0.717, 1.165) is 35.8 Å². The van der Waals surface area contributed by atoms with Crippen LogP contribution in [-0.4, -0.2) is 45.3 Å². The Bertz CT molecular complexity index is 598. The number of piperidine rings is 1. The van der Waals surface area contributed by atoms with Crippen molar-refractivity contribution in [3.8, 4) is 5.69 Å². The topological polar surface area (TPSA) is 46.0 Å². The minimum Gasteiger partial charge on any atom is -0.380 e. The van der Waals surface area contributed by atoms with E-state index in [1.807, 2.05) is 18.2 Å². The number of nitrogens with zero attached hydrogens (tertiary/aromatic N) is 4. The number of hydrogen-bond donors (Lipinski definition) is 1. The van der Waals surface area contributed by atoms with E-state index in [1.165, 1.54) is 6.33 Å². The van der Waals surface area contributed by atoms with Crippen molar-refractivity contribution in [3.05, 3.63) is 35.9 Å². The van der Waals surface area contributed by atoms with Gasteiger partial charge in [-0.05, 0) is 45.0 Å². The van der Waals surface area contributed by atoms with Crippen molar-refractivity contribution < 1.29 is 0 Å². The Morgan fingerprint density at radius 2 is 2.24 bits per heavy atom. The van der Waals surface area contributed by atoms with E-state index >= 15 is 0 Å². The molecular weight excluding hydrogens is 286 g/mol. The number of halogens is 1. The van der Waals surface area contributed by atoms with Crippen LogP contribution in [0.2, 0.25) is 5.02 Å². The van der Waals surface area contributed by atoms with E-state index in [2.05, 4.69) is 34.3 Å². The number of anilines is 1. The Labute approximate surface area is 129 Å². The lowest BCUT2D eigenvalue weighted by Gasteiger charge is -2.36. The van der Waals surface area contributed by atoms with Gasteiger partial charge in [-0.1, -0.05) is 11.6 Å². The summed E-state index contributed by atoms with van der Waals surface area (Å²) in [6.45, 7) is 3.38. The fourth-order valence-corrected chi connectivity index (χ4v) is 2.97. The van der Waals surface area contributed by atoms with Gasteiger partial charge in [-0.3, -0.25) is 0 Å². The van der Waals surface area contributed by atoms with Crippen molar-refractivity contribution in [2.45, 2.75) is 31.8 Å². The first-order valence-electron chi connectivity index (χ1n) is 7.25. The van der Waals surface area contributed by atoms with Crippen LogP contribution in [-0.2, 0) is 0 Å². The first-order chi connectivity index (χ1) is 10.1. The van der Waals surface area contributed by atoms with Crippen LogP contribution < -0.4 is 5.32 Å². The number of aromatic nitrogens is 3. The van der Waals surface area contributed by atoms with E-state index in [-0.39, 0.29) is 0 Å². The average molecular weight is 306 g/mol. The quantitative estimate of drug-likeness (QED) is 0.947. The second kappa shape index (κ2) is 6.03. The molecule has 1 fully saturated rings. The molecule has 1 N–H and O–H groups in total. The third-order valence-electron chi connectivity index (χ3n) is 4.19. The van der Waals surface area contributed by atoms with Gasteiger partial charge in [-0.2, -0.15) is 5.10 Å². The summed E-state index contributed by atoms with van der Waals surface area (Å²) >= 11 is 6.15. The number of nitrogens with one attached hydrogen (secondary N) is 1. The molecule has 1 aromatic carbocycles. The molecule has 0 saturated carbocycles. The number of benzene rings is 1. The molecule has 3 rings (SSSR count). The Morgan fingerprint density at radius 3 is 2.95 bits per heavy atom. The van der Waals surface area contributed by atoms with Crippen molar-refractivity contribution in [1.29, 1.82) is 0 Å². The van der Waals surface area contributed by atoms with Crippen LogP contribution in [0.5, 0.6) is 0 Å². The summed E-state index contributed by atoms with van der Waals surface area (Å²) in [5.41, 5.74) is 1.98. The van der Waals surface area contributed by atoms with Gasteiger partial charge in [0.05, 0.1) is 11.4 Å². The number of hydrogen-bond acceptors (Lipinski definition) is 4. The van der Waals surface area contributed by atoms with E-state index in [1.54, 1.807) is 11.0 Å². The van der Waals surface area contributed by atoms with Crippen LogP contribution >= 0.6 is 11.6 Å². The average Bonchev–Trinajstić information content (AvgIpc) is 2.97. The standard InChI is InChI=1S/C15H20ClN5/c1-11-7-13(5-6-20(11)2)19-14-8-12(16)3-4-15(14)21-10-17-9-18-21/h3-4,8-11,13,19H,5-7H2,1-2H3. The predicted octanol–water partition coefficient (Wildman–Crippen LogP) is 2.82. The zero-order chi connectivity index (χ0) is 14.8. The van der Waals surface area contributed by atoms with Crippen molar-refractivity contribution in [2.75, 3.05) is 18.9 Å². The Balaban J connectivity index is 1.83. The van der Waals surface area contributed by atoms with Gasteiger partial charge < -0.3 is 10.2 Å². The molecule has 1 aliphatic heterocycles. The van der Waals surface area contributed by atoms with Crippen molar-refractivity contribution >= 4 is 17.3 Å². The molecule has 0 aliphatic carbocycles. The molecule has 21 heavy (non-hydrogen) atoms. The number of likely N-dealkylation sites (tertiary alicyclic amines) is 1. The highest BCUT2D eigenvalue weighted by atomic mass is 35.5. The van der Waals surface area contributed by atoms with Crippen LogP contribution in [0.25, 0.3) is 5.69 Å². The van der Waals surface area contributed by atoms with Crippen molar-refractivity contribution in [1.82, 2.24) is 19.7 Å². The normalized spacial score (nSPS) is 23.2. The molecule has 0 spiro atoms. The minimum absolute atomic E-state index is 0.455. The van der Waals surface area contributed by atoms with Gasteiger partial charge in [0.2, 0.25) is 0 Å². The maximum Gasteiger partial charge on any atom is 0.138 e. The molecule has 2 aromatic rings. The van der Waals surface area contributed by atoms with Gasteiger partial charge in [0.25, 0.3) is 0 Å². The summed E-state index contributed by atoms with van der Waals surface area (Å²) in [6, 6.07) is 6.85. The Hall–Kier alpha value is -1.59. The molecule has 2 atom stereocenters. The third-order valence-corrected chi connectivity index (χ3v) is 4.43.